The highest BCUT2D eigenvalue weighted by molar-refractivity contribution is 5.83. The van der Waals surface area contributed by atoms with Crippen LogP contribution in [0.4, 0.5) is 0 Å². The maximum absolute atomic E-state index is 14.0. The quantitative estimate of drug-likeness (QED) is 0.0559. The van der Waals surface area contributed by atoms with Crippen molar-refractivity contribution in [2.45, 2.75) is 334 Å². The van der Waals surface area contributed by atoms with Gasteiger partial charge in [-0.05, 0) is 141 Å². The largest absolute Gasteiger partial charge is 0.459 e. The molecule has 0 radical (unpaired) electrons. The van der Waals surface area contributed by atoms with Crippen LogP contribution in [-0.4, -0.2) is 204 Å². The summed E-state index contributed by atoms with van der Waals surface area (Å²) in [5.74, 6) is -4.19. The van der Waals surface area contributed by atoms with E-state index in [-0.39, 0.29) is 91.8 Å². The van der Waals surface area contributed by atoms with Gasteiger partial charge >= 0.3 is 11.9 Å². The third kappa shape index (κ3) is 28.1. The van der Waals surface area contributed by atoms with E-state index in [1.165, 1.54) is 12.2 Å². The van der Waals surface area contributed by atoms with Crippen LogP contribution in [0.2, 0.25) is 0 Å². The highest BCUT2D eigenvalue weighted by Gasteiger charge is 2.42. The molecule has 0 spiro atoms. The number of carbonyl (C=O) groups is 2. The van der Waals surface area contributed by atoms with Gasteiger partial charge in [0.25, 0.3) is 0 Å². The van der Waals surface area contributed by atoms with Gasteiger partial charge in [-0.15, -0.1) is 0 Å². The Bertz CT molecular complexity index is 2320. The van der Waals surface area contributed by atoms with Crippen LogP contribution in [0, 0.1) is 53.3 Å². The van der Waals surface area contributed by atoms with Gasteiger partial charge in [0.1, 0.15) is 12.2 Å². The Morgan fingerprint density at radius 2 is 0.847 bits per heavy atom. The molecule has 2 fully saturated rings. The summed E-state index contributed by atoms with van der Waals surface area (Å²) >= 11 is 0. The first-order valence-electron chi connectivity index (χ1n) is 37.4. The topological polar surface area (TPSA) is 268 Å². The zero-order valence-electron chi connectivity index (χ0n) is 62.9. The van der Waals surface area contributed by atoms with Gasteiger partial charge in [-0.2, -0.15) is 0 Å². The van der Waals surface area contributed by atoms with E-state index < -0.39 is 121 Å². The van der Waals surface area contributed by atoms with Crippen molar-refractivity contribution in [3.63, 3.8) is 0 Å². The van der Waals surface area contributed by atoms with Gasteiger partial charge < -0.3 is 83.1 Å². The first-order valence-corrected chi connectivity index (χ1v) is 37.4. The number of rotatable bonds is 16. The summed E-state index contributed by atoms with van der Waals surface area (Å²) in [5.41, 5.74) is 1.45. The number of carbonyl (C=O) groups excluding carboxylic acids is 2. The van der Waals surface area contributed by atoms with Gasteiger partial charge in [0.2, 0.25) is 0 Å². The number of ether oxygens (including phenoxy) is 10. The fraction of sp³-hybridized carbons (Fsp3) is 0.823. The molecule has 0 amide bonds. The molecule has 0 aromatic carbocycles. The molecule has 0 saturated carbocycles. The molecule has 0 aliphatic carbocycles. The molecular weight excluding hydrogens is 1250 g/mol. The molecule has 19 heteroatoms. The average molecular weight is 1390 g/mol. The second-order valence-electron chi connectivity index (χ2n) is 30.7. The van der Waals surface area contributed by atoms with Gasteiger partial charge in [0.05, 0.1) is 116 Å². The van der Waals surface area contributed by atoms with E-state index in [9.17, 15) is 45.3 Å². The van der Waals surface area contributed by atoms with Crippen LogP contribution < -0.4 is 0 Å². The summed E-state index contributed by atoms with van der Waals surface area (Å²) in [6.45, 7) is 25.5. The molecule has 19 nitrogen and oxygen atoms in total. The standard InChI is InChI=1S/C79H134O19/c1-46-24-30-59(80)38-61-21-19-23-64(96-61)43-74(92-17)55(10)70(83)45-72(85)57(12)79(58(13)77(88)49(4)29-33-66-41-68(90-15)37-51(6)94-66)98-76(87)35-27-47(2)25-31-60(81)39-62-20-18-22-63(95-62)42-73(91-16)54(9)69(82)44-71(84)56(11)78(97-75(86)34-26-46)53(8)52(7)48(3)28-32-65-40-67(89-14)36-50(5)93-65/h18-21,24-27,34-35,48-74,77-85,88H,22-23,28-33,36-45H2,1-17H3. The van der Waals surface area contributed by atoms with E-state index >= 15 is 0 Å². The molecule has 30 atom stereocenters. The molecule has 30 unspecified atom stereocenters. The van der Waals surface area contributed by atoms with Crippen molar-refractivity contribution in [3.8, 4) is 0 Å². The number of cyclic esters (lactones) is 2. The molecule has 98 heavy (non-hydrogen) atoms. The number of fused-ring (bicyclic) bond motifs is 4. The number of allylic oxidation sites excluding steroid dienone is 4. The minimum absolute atomic E-state index is 0.00763. The molecule has 5 aliphatic heterocycles. The van der Waals surface area contributed by atoms with Crippen molar-refractivity contribution in [2.75, 3.05) is 28.4 Å². The number of aliphatic hydroxyl groups excluding tert-OH is 7. The van der Waals surface area contributed by atoms with E-state index in [1.807, 2.05) is 91.8 Å². The number of esters is 2. The predicted molar refractivity (Wildman–Crippen MR) is 381 cm³/mol. The van der Waals surface area contributed by atoms with Gasteiger partial charge in [-0.25, -0.2) is 9.59 Å². The zero-order chi connectivity index (χ0) is 72.5. The lowest BCUT2D eigenvalue weighted by molar-refractivity contribution is -0.158. The highest BCUT2D eigenvalue weighted by atomic mass is 16.6. The third-order valence-electron chi connectivity index (χ3n) is 22.9. The van der Waals surface area contributed by atoms with Crippen LogP contribution in [0.1, 0.15) is 206 Å². The van der Waals surface area contributed by atoms with Gasteiger partial charge in [0, 0.05) is 95.9 Å². The molecule has 564 valence electrons. The maximum atomic E-state index is 14.0. The van der Waals surface area contributed by atoms with Crippen molar-refractivity contribution < 1.29 is 92.7 Å². The van der Waals surface area contributed by atoms with E-state index in [1.54, 1.807) is 47.5 Å². The van der Waals surface area contributed by atoms with E-state index in [0.717, 1.165) is 44.1 Å². The highest BCUT2D eigenvalue weighted by Crippen LogP contribution is 2.38. The molecule has 0 aromatic rings. The van der Waals surface area contributed by atoms with Crippen LogP contribution in [0.3, 0.4) is 0 Å². The van der Waals surface area contributed by atoms with Crippen molar-refractivity contribution in [1.29, 1.82) is 0 Å². The lowest BCUT2D eigenvalue weighted by Crippen LogP contribution is -2.45. The van der Waals surface area contributed by atoms with Crippen LogP contribution in [0.25, 0.3) is 0 Å². The number of hydrogen-bond donors (Lipinski definition) is 7. The first kappa shape index (κ1) is 85.4. The monoisotopic (exact) mass is 1390 g/mol. The average Bonchev–Trinajstić information content (AvgIpc) is 0.846. The fourth-order valence-corrected chi connectivity index (χ4v) is 15.5. The Kier molecular flexibility index (Phi) is 37.6. The van der Waals surface area contributed by atoms with Crippen LogP contribution >= 0.6 is 0 Å². The van der Waals surface area contributed by atoms with Gasteiger partial charge in [-0.1, -0.05) is 122 Å². The van der Waals surface area contributed by atoms with E-state index in [0.29, 0.717) is 63.4 Å². The summed E-state index contributed by atoms with van der Waals surface area (Å²) in [7, 11) is 6.67. The summed E-state index contributed by atoms with van der Waals surface area (Å²) in [6, 6.07) is 0. The van der Waals surface area contributed by atoms with E-state index in [4.69, 9.17) is 47.4 Å². The predicted octanol–water partition coefficient (Wildman–Crippen LogP) is 11.4. The van der Waals surface area contributed by atoms with Crippen LogP contribution in [0.5, 0.6) is 0 Å². The summed E-state index contributed by atoms with van der Waals surface area (Å²) in [4.78, 5) is 27.9. The fourth-order valence-electron chi connectivity index (χ4n) is 15.5. The molecule has 0 aromatic heterocycles. The number of methoxy groups -OCH3 is 4. The Morgan fingerprint density at radius 1 is 0.459 bits per heavy atom. The van der Waals surface area contributed by atoms with Gasteiger partial charge in [0.15, 0.2) is 0 Å². The summed E-state index contributed by atoms with van der Waals surface area (Å²) in [6.07, 6.45) is 17.0. The number of aliphatic hydroxyl groups is 7. The third-order valence-corrected chi connectivity index (χ3v) is 22.9. The Balaban J connectivity index is 1.36. The van der Waals surface area contributed by atoms with Crippen molar-refractivity contribution in [1.82, 2.24) is 0 Å². The normalized spacial score (nSPS) is 39.3. The maximum Gasteiger partial charge on any atom is 0.331 e. The van der Waals surface area contributed by atoms with Crippen molar-refractivity contribution in [2.24, 2.45) is 53.3 Å². The Morgan fingerprint density at radius 3 is 1.24 bits per heavy atom. The molecule has 5 rings (SSSR count). The van der Waals surface area contributed by atoms with Gasteiger partial charge in [-0.3, -0.25) is 0 Å². The molecule has 2 saturated heterocycles. The minimum Gasteiger partial charge on any atom is -0.459 e. The molecule has 5 aliphatic rings. The van der Waals surface area contributed by atoms with Crippen LogP contribution in [-0.2, 0) is 57.0 Å². The smallest absolute Gasteiger partial charge is 0.331 e. The summed E-state index contributed by atoms with van der Waals surface area (Å²) < 4.78 is 61.7. The summed E-state index contributed by atoms with van der Waals surface area (Å²) in [5, 5.41) is 82.6. The number of hydrogen-bond acceptors (Lipinski definition) is 19. The molecular formula is C79H134O19. The SMILES string of the molecule is COC1CC(C)OC(CCC(C)C(C)C(C)C2OC(=O)C=CC(C)=CCC(O)CC3C=CCC(CC(OC)C(C)C(O)CC(O)C(C)C(C(C)C(O)C(C)CCC4CC(OC)CC(C)O4)OC(=O)C=CC(C)=CCC(O)CC4C=CCC(CC(OC)C(C)C(O)CC(O)C2C)O4)O3)C1. The van der Waals surface area contributed by atoms with E-state index in [2.05, 4.69) is 27.7 Å². The molecule has 5 heterocycles. The lowest BCUT2D eigenvalue weighted by Gasteiger charge is -2.39. The molecule has 4 bridgehead atoms. The van der Waals surface area contributed by atoms with Crippen molar-refractivity contribution >= 4 is 11.9 Å². The van der Waals surface area contributed by atoms with Crippen LogP contribution in [0.15, 0.2) is 71.9 Å². The second kappa shape index (κ2) is 43.1. The minimum atomic E-state index is -1.16. The first-order chi connectivity index (χ1) is 46.4. The Hall–Kier alpha value is -3.22. The van der Waals surface area contributed by atoms with Crippen molar-refractivity contribution in [3.05, 3.63) is 71.9 Å². The second-order valence-corrected chi connectivity index (χ2v) is 30.7. The lowest BCUT2D eigenvalue weighted by atomic mass is 9.74. The Labute approximate surface area is 589 Å². The molecule has 7 N–H and O–H groups in total. The zero-order valence-corrected chi connectivity index (χ0v) is 62.9.